The van der Waals surface area contributed by atoms with Crippen LogP contribution in [0.3, 0.4) is 0 Å². The lowest BCUT2D eigenvalue weighted by Gasteiger charge is -2.11. The lowest BCUT2D eigenvalue weighted by molar-refractivity contribution is -0.138. The molecule has 0 fully saturated rings. The Hall–Kier alpha value is -0.440. The Morgan fingerprint density at radius 3 is 2.47 bits per heavy atom. The van der Waals surface area contributed by atoms with E-state index in [0.29, 0.717) is 4.47 Å². The van der Waals surface area contributed by atoms with Crippen molar-refractivity contribution < 1.29 is 18.3 Å². The Kier molecular flexibility index (Phi) is 4.70. The molecule has 5 nitrogen and oxygen atoms in total. The van der Waals surface area contributed by atoms with Crippen LogP contribution in [0.4, 0.5) is 0 Å². The first-order valence-electron chi connectivity index (χ1n) is 4.44. The topological polar surface area (TPSA) is 83.5 Å². The number of rotatable bonds is 4. The minimum Gasteiger partial charge on any atom is -0.480 e. The van der Waals surface area contributed by atoms with E-state index in [9.17, 15) is 13.2 Å². The summed E-state index contributed by atoms with van der Waals surface area (Å²) in [5.74, 6) is -1.23. The number of halogens is 2. The van der Waals surface area contributed by atoms with Gasteiger partial charge in [0.15, 0.2) is 0 Å². The number of carboxylic acids is 1. The Balaban J connectivity index is 3.10. The van der Waals surface area contributed by atoms with Crippen molar-refractivity contribution in [2.75, 3.05) is 0 Å². The lowest BCUT2D eigenvalue weighted by Crippen LogP contribution is -2.38. The summed E-state index contributed by atoms with van der Waals surface area (Å²) in [6, 6.07) is 3.33. The first-order chi connectivity index (χ1) is 7.74. The Morgan fingerprint density at radius 1 is 1.41 bits per heavy atom. The minimum absolute atomic E-state index is 0.00574. The van der Waals surface area contributed by atoms with Gasteiger partial charge >= 0.3 is 5.97 Å². The Morgan fingerprint density at radius 2 is 2.00 bits per heavy atom. The van der Waals surface area contributed by atoms with Crippen molar-refractivity contribution in [3.8, 4) is 0 Å². The number of carboxylic acid groups (broad SMARTS) is 1. The van der Waals surface area contributed by atoms with Gasteiger partial charge in [0.25, 0.3) is 0 Å². The summed E-state index contributed by atoms with van der Waals surface area (Å²) in [6.07, 6.45) is 0. The molecule has 0 amide bonds. The fourth-order valence-corrected chi connectivity index (χ4v) is 3.98. The normalized spacial score (nSPS) is 13.4. The number of carbonyl (C=O) groups is 1. The third-order valence-corrected chi connectivity index (χ3v) is 4.90. The molecular formula is C9H9Br2NO4S. The van der Waals surface area contributed by atoms with E-state index in [2.05, 4.69) is 36.6 Å². The number of benzene rings is 1. The Bertz CT molecular complexity index is 544. The summed E-state index contributed by atoms with van der Waals surface area (Å²) in [5, 5.41) is 8.66. The van der Waals surface area contributed by atoms with Gasteiger partial charge in [0.05, 0.1) is 4.90 Å². The maximum absolute atomic E-state index is 11.9. The molecule has 0 spiro atoms. The van der Waals surface area contributed by atoms with Crippen LogP contribution >= 0.6 is 31.9 Å². The monoisotopic (exact) mass is 385 g/mol. The molecule has 0 unspecified atom stereocenters. The maximum atomic E-state index is 11.9. The van der Waals surface area contributed by atoms with Crippen LogP contribution in [0.25, 0.3) is 0 Å². The van der Waals surface area contributed by atoms with Crippen LogP contribution in [0, 0.1) is 0 Å². The minimum atomic E-state index is -3.85. The van der Waals surface area contributed by atoms with Crippen molar-refractivity contribution in [3.63, 3.8) is 0 Å². The molecule has 0 saturated heterocycles. The number of hydrogen-bond donors (Lipinski definition) is 2. The summed E-state index contributed by atoms with van der Waals surface area (Å²) < 4.78 is 26.9. The quantitative estimate of drug-likeness (QED) is 0.828. The van der Waals surface area contributed by atoms with Crippen molar-refractivity contribution in [1.29, 1.82) is 0 Å². The highest BCUT2D eigenvalue weighted by Gasteiger charge is 2.23. The third kappa shape index (κ3) is 3.77. The van der Waals surface area contributed by atoms with E-state index >= 15 is 0 Å². The Labute approximate surface area is 116 Å². The average Bonchev–Trinajstić information content (AvgIpc) is 2.15. The zero-order chi connectivity index (χ0) is 13.2. The van der Waals surface area contributed by atoms with Crippen molar-refractivity contribution in [2.45, 2.75) is 17.9 Å². The zero-order valence-electron chi connectivity index (χ0n) is 8.65. The third-order valence-electron chi connectivity index (χ3n) is 1.89. The molecule has 2 N–H and O–H groups in total. The van der Waals surface area contributed by atoms with E-state index in [4.69, 9.17) is 5.11 Å². The van der Waals surface area contributed by atoms with Crippen LogP contribution in [0.15, 0.2) is 32.0 Å². The van der Waals surface area contributed by atoms with E-state index in [1.54, 1.807) is 12.1 Å². The molecule has 0 saturated carbocycles. The van der Waals surface area contributed by atoms with Crippen molar-refractivity contribution in [2.24, 2.45) is 0 Å². The number of aliphatic carboxylic acids is 1. The standard InChI is InChI=1S/C9H9Br2NO4S/c1-5(9(13)14)12-17(15,16)8-3-2-6(10)4-7(8)11/h2-5,12H,1H3,(H,13,14)/t5-/m0/s1. The smallest absolute Gasteiger partial charge is 0.321 e. The highest BCUT2D eigenvalue weighted by Crippen LogP contribution is 2.25. The predicted octanol–water partition coefficient (Wildman–Crippen LogP) is 1.96. The molecule has 17 heavy (non-hydrogen) atoms. The number of hydrogen-bond acceptors (Lipinski definition) is 3. The summed E-state index contributed by atoms with van der Waals surface area (Å²) in [7, 11) is -3.85. The van der Waals surface area contributed by atoms with E-state index in [-0.39, 0.29) is 4.90 Å². The van der Waals surface area contributed by atoms with Gasteiger partial charge in [0, 0.05) is 8.95 Å². The van der Waals surface area contributed by atoms with E-state index in [0.717, 1.165) is 4.47 Å². The molecule has 94 valence electrons. The average molecular weight is 387 g/mol. The molecule has 8 heteroatoms. The summed E-state index contributed by atoms with van der Waals surface area (Å²) in [6.45, 7) is 1.26. The second-order valence-electron chi connectivity index (χ2n) is 3.26. The van der Waals surface area contributed by atoms with Gasteiger partial charge in [-0.05, 0) is 41.1 Å². The highest BCUT2D eigenvalue weighted by atomic mass is 79.9. The molecule has 0 aliphatic carbocycles. The van der Waals surface area contributed by atoms with Gasteiger partial charge in [-0.15, -0.1) is 0 Å². The van der Waals surface area contributed by atoms with Crippen LogP contribution in [-0.4, -0.2) is 25.5 Å². The summed E-state index contributed by atoms with van der Waals surface area (Å²) in [4.78, 5) is 10.6. The van der Waals surface area contributed by atoms with Gasteiger partial charge in [-0.2, -0.15) is 4.72 Å². The van der Waals surface area contributed by atoms with Crippen LogP contribution in [0.2, 0.25) is 0 Å². The summed E-state index contributed by atoms with van der Waals surface area (Å²) >= 11 is 6.31. The van der Waals surface area contributed by atoms with Crippen LogP contribution in [0.5, 0.6) is 0 Å². The molecule has 0 aromatic heterocycles. The lowest BCUT2D eigenvalue weighted by atomic mass is 10.4. The molecule has 0 bridgehead atoms. The molecule has 0 heterocycles. The van der Waals surface area contributed by atoms with Gasteiger partial charge in [-0.1, -0.05) is 15.9 Å². The molecule has 1 atom stereocenters. The number of nitrogens with one attached hydrogen (secondary N) is 1. The van der Waals surface area contributed by atoms with Gasteiger partial charge in [-0.3, -0.25) is 4.79 Å². The SMILES string of the molecule is C[C@H](NS(=O)(=O)c1ccc(Br)cc1Br)C(=O)O. The molecule has 1 rings (SSSR count). The second kappa shape index (κ2) is 5.47. The molecule has 0 aliphatic rings. The van der Waals surface area contributed by atoms with Gasteiger partial charge in [0.1, 0.15) is 6.04 Å². The second-order valence-corrected chi connectivity index (χ2v) is 6.71. The maximum Gasteiger partial charge on any atom is 0.321 e. The molecule has 0 radical (unpaired) electrons. The molecule has 1 aromatic carbocycles. The fourth-order valence-electron chi connectivity index (χ4n) is 1.04. The van der Waals surface area contributed by atoms with Gasteiger partial charge in [-0.25, -0.2) is 8.42 Å². The van der Waals surface area contributed by atoms with Crippen LogP contribution in [0.1, 0.15) is 6.92 Å². The van der Waals surface area contributed by atoms with Crippen LogP contribution < -0.4 is 4.72 Å². The zero-order valence-corrected chi connectivity index (χ0v) is 12.6. The van der Waals surface area contributed by atoms with Crippen molar-refractivity contribution in [3.05, 3.63) is 27.1 Å². The van der Waals surface area contributed by atoms with Crippen molar-refractivity contribution >= 4 is 47.9 Å². The van der Waals surface area contributed by atoms with Crippen LogP contribution in [-0.2, 0) is 14.8 Å². The van der Waals surface area contributed by atoms with Gasteiger partial charge in [0.2, 0.25) is 10.0 Å². The first kappa shape index (κ1) is 14.6. The molecule has 1 aromatic rings. The highest BCUT2D eigenvalue weighted by molar-refractivity contribution is 9.11. The molecule has 0 aliphatic heterocycles. The van der Waals surface area contributed by atoms with Gasteiger partial charge < -0.3 is 5.11 Å². The van der Waals surface area contributed by atoms with E-state index in [1.165, 1.54) is 13.0 Å². The van der Waals surface area contributed by atoms with E-state index < -0.39 is 22.0 Å². The van der Waals surface area contributed by atoms with Crippen molar-refractivity contribution in [1.82, 2.24) is 4.72 Å². The summed E-state index contributed by atoms with van der Waals surface area (Å²) in [5.41, 5.74) is 0. The fraction of sp³-hybridized carbons (Fsp3) is 0.222. The largest absolute Gasteiger partial charge is 0.480 e. The first-order valence-corrected chi connectivity index (χ1v) is 7.51. The number of sulfonamides is 1. The predicted molar refractivity (Wildman–Crippen MR) is 69.3 cm³/mol. The molecular weight excluding hydrogens is 378 g/mol. The van der Waals surface area contributed by atoms with E-state index in [1.807, 2.05) is 0 Å².